The molecule has 1 N–H and O–H groups in total. The Morgan fingerprint density at radius 1 is 1.33 bits per heavy atom. The van der Waals surface area contributed by atoms with Crippen molar-refractivity contribution < 1.29 is 4.74 Å². The van der Waals surface area contributed by atoms with Crippen molar-refractivity contribution in [2.24, 2.45) is 5.41 Å². The monoisotopic (exact) mass is 251 g/mol. The van der Waals surface area contributed by atoms with Crippen LogP contribution in [0.4, 0.5) is 0 Å². The summed E-state index contributed by atoms with van der Waals surface area (Å²) in [5.41, 5.74) is 1.27. The van der Waals surface area contributed by atoms with Crippen molar-refractivity contribution >= 4 is 0 Å². The fraction of sp³-hybridized carbons (Fsp3) is 0.714. The summed E-state index contributed by atoms with van der Waals surface area (Å²) in [6, 6.07) is 2.32. The molecule has 0 saturated heterocycles. The van der Waals surface area contributed by atoms with E-state index in [0.29, 0.717) is 11.9 Å². The highest BCUT2D eigenvalue weighted by Crippen LogP contribution is 2.27. The van der Waals surface area contributed by atoms with E-state index < -0.39 is 0 Å². The molecule has 0 spiro atoms. The van der Waals surface area contributed by atoms with Gasteiger partial charge in [0.25, 0.3) is 0 Å². The molecule has 1 atom stereocenters. The summed E-state index contributed by atoms with van der Waals surface area (Å²) in [7, 11) is 1.63. The van der Waals surface area contributed by atoms with E-state index in [1.54, 1.807) is 13.4 Å². The molecule has 1 heterocycles. The number of ether oxygens (including phenoxy) is 1. The number of hydrogen-bond donors (Lipinski definition) is 1. The van der Waals surface area contributed by atoms with Gasteiger partial charge in [-0.2, -0.15) is 0 Å². The van der Waals surface area contributed by atoms with E-state index >= 15 is 0 Å². The van der Waals surface area contributed by atoms with Gasteiger partial charge in [0.15, 0.2) is 0 Å². The van der Waals surface area contributed by atoms with Crippen LogP contribution in [0.1, 0.15) is 39.8 Å². The predicted molar refractivity (Wildman–Crippen MR) is 73.8 cm³/mol. The molecule has 0 fully saturated rings. The molecule has 18 heavy (non-hydrogen) atoms. The quantitative estimate of drug-likeness (QED) is 0.808. The molecule has 4 heteroatoms. The Kier molecular flexibility index (Phi) is 5.54. The lowest BCUT2D eigenvalue weighted by Crippen LogP contribution is -2.43. The zero-order chi connectivity index (χ0) is 13.6. The number of methoxy groups -OCH3 is 1. The Morgan fingerprint density at radius 2 is 2.06 bits per heavy atom. The zero-order valence-corrected chi connectivity index (χ0v) is 12.2. The van der Waals surface area contributed by atoms with Crippen LogP contribution in [-0.2, 0) is 6.42 Å². The van der Waals surface area contributed by atoms with E-state index in [0.717, 1.165) is 25.1 Å². The number of hydrogen-bond acceptors (Lipinski definition) is 4. The van der Waals surface area contributed by atoms with Gasteiger partial charge in [0, 0.05) is 24.2 Å². The van der Waals surface area contributed by atoms with E-state index in [2.05, 4.69) is 43.0 Å². The van der Waals surface area contributed by atoms with Crippen LogP contribution in [-0.4, -0.2) is 29.7 Å². The molecule has 0 radical (unpaired) electrons. The van der Waals surface area contributed by atoms with Gasteiger partial charge in [0.2, 0.25) is 5.88 Å². The number of rotatable bonds is 7. The van der Waals surface area contributed by atoms with Crippen LogP contribution < -0.4 is 10.1 Å². The van der Waals surface area contributed by atoms with Crippen molar-refractivity contribution in [1.29, 1.82) is 0 Å². The van der Waals surface area contributed by atoms with Gasteiger partial charge in [0.05, 0.1) is 7.11 Å². The van der Waals surface area contributed by atoms with Crippen molar-refractivity contribution in [3.63, 3.8) is 0 Å². The largest absolute Gasteiger partial charge is 0.481 e. The van der Waals surface area contributed by atoms with Crippen molar-refractivity contribution in [3.05, 3.63) is 18.1 Å². The third-order valence-corrected chi connectivity index (χ3v) is 3.63. The van der Waals surface area contributed by atoms with Gasteiger partial charge < -0.3 is 10.1 Å². The van der Waals surface area contributed by atoms with Crippen LogP contribution >= 0.6 is 0 Å². The first-order valence-electron chi connectivity index (χ1n) is 6.61. The molecule has 0 amide bonds. The molecule has 1 aromatic heterocycles. The Morgan fingerprint density at radius 3 is 2.61 bits per heavy atom. The number of nitrogens with one attached hydrogen (secondary N) is 1. The van der Waals surface area contributed by atoms with Crippen LogP contribution in [0.15, 0.2) is 12.4 Å². The number of likely N-dealkylation sites (N-methyl/N-ethyl adjacent to an activating group) is 1. The minimum Gasteiger partial charge on any atom is -0.481 e. The third-order valence-electron chi connectivity index (χ3n) is 3.63. The second-order valence-corrected chi connectivity index (χ2v) is 5.21. The summed E-state index contributed by atoms with van der Waals surface area (Å²) in [5, 5.41) is 3.56. The van der Waals surface area contributed by atoms with Crippen LogP contribution in [0.5, 0.6) is 5.88 Å². The second kappa shape index (κ2) is 6.69. The maximum Gasteiger partial charge on any atom is 0.216 e. The average molecular weight is 251 g/mol. The van der Waals surface area contributed by atoms with E-state index in [-0.39, 0.29) is 5.41 Å². The fourth-order valence-electron chi connectivity index (χ4n) is 1.93. The molecule has 0 saturated carbocycles. The molecule has 0 aliphatic carbocycles. The van der Waals surface area contributed by atoms with Crippen molar-refractivity contribution in [3.8, 4) is 5.88 Å². The lowest BCUT2D eigenvalue weighted by molar-refractivity contribution is 0.231. The molecule has 1 aromatic rings. The number of nitrogens with zero attached hydrogens (tertiary/aromatic N) is 2. The lowest BCUT2D eigenvalue weighted by atomic mass is 9.79. The minimum atomic E-state index is 0.244. The summed E-state index contributed by atoms with van der Waals surface area (Å²) in [4.78, 5) is 8.37. The minimum absolute atomic E-state index is 0.244. The Balaban J connectivity index is 2.82. The smallest absolute Gasteiger partial charge is 0.216 e. The normalized spacial score (nSPS) is 13.4. The maximum absolute atomic E-state index is 5.14. The first-order chi connectivity index (χ1) is 8.53. The maximum atomic E-state index is 5.14. The summed E-state index contributed by atoms with van der Waals surface area (Å²) in [6.07, 6.45) is 3.59. The first kappa shape index (κ1) is 14.9. The van der Waals surface area contributed by atoms with Gasteiger partial charge in [-0.05, 0) is 18.4 Å². The summed E-state index contributed by atoms with van der Waals surface area (Å²) in [5.74, 6) is 0.629. The third kappa shape index (κ3) is 3.95. The molecule has 0 aliphatic rings. The van der Waals surface area contributed by atoms with E-state index in [9.17, 15) is 0 Å². The molecule has 0 aromatic carbocycles. The zero-order valence-electron chi connectivity index (χ0n) is 12.2. The molecule has 4 nitrogen and oxygen atoms in total. The highest BCUT2D eigenvalue weighted by Gasteiger charge is 2.27. The molecule has 102 valence electrons. The molecule has 1 rings (SSSR count). The SMILES string of the molecule is CCNC(Cc1cc(OC)ncn1)C(C)(C)CC. The van der Waals surface area contributed by atoms with Gasteiger partial charge in [-0.3, -0.25) is 0 Å². The summed E-state index contributed by atoms with van der Waals surface area (Å²) in [6.45, 7) is 9.91. The van der Waals surface area contributed by atoms with Gasteiger partial charge >= 0.3 is 0 Å². The van der Waals surface area contributed by atoms with Crippen molar-refractivity contribution in [2.75, 3.05) is 13.7 Å². The van der Waals surface area contributed by atoms with Crippen LogP contribution in [0.3, 0.4) is 0 Å². The highest BCUT2D eigenvalue weighted by atomic mass is 16.5. The summed E-state index contributed by atoms with van der Waals surface area (Å²) >= 11 is 0. The van der Waals surface area contributed by atoms with Crippen LogP contribution in [0, 0.1) is 5.41 Å². The highest BCUT2D eigenvalue weighted by molar-refractivity contribution is 5.15. The van der Waals surface area contributed by atoms with E-state index in [4.69, 9.17) is 4.74 Å². The summed E-state index contributed by atoms with van der Waals surface area (Å²) < 4.78 is 5.14. The molecular weight excluding hydrogens is 226 g/mol. The molecular formula is C14H25N3O. The van der Waals surface area contributed by atoms with Gasteiger partial charge in [0.1, 0.15) is 6.33 Å². The fourth-order valence-corrected chi connectivity index (χ4v) is 1.93. The Bertz CT molecular complexity index is 366. The van der Waals surface area contributed by atoms with Gasteiger partial charge in [-0.15, -0.1) is 0 Å². The topological polar surface area (TPSA) is 47.0 Å². The van der Waals surface area contributed by atoms with E-state index in [1.807, 2.05) is 6.07 Å². The van der Waals surface area contributed by atoms with E-state index in [1.165, 1.54) is 0 Å². The predicted octanol–water partition coefficient (Wildman–Crippen LogP) is 2.44. The Hall–Kier alpha value is -1.16. The van der Waals surface area contributed by atoms with Crippen LogP contribution in [0.25, 0.3) is 0 Å². The molecule has 1 unspecified atom stereocenters. The van der Waals surface area contributed by atoms with Crippen molar-refractivity contribution in [2.45, 2.75) is 46.6 Å². The van der Waals surface area contributed by atoms with Gasteiger partial charge in [-0.25, -0.2) is 9.97 Å². The Labute approximate surface area is 110 Å². The lowest BCUT2D eigenvalue weighted by Gasteiger charge is -2.34. The number of aromatic nitrogens is 2. The van der Waals surface area contributed by atoms with Crippen LogP contribution in [0.2, 0.25) is 0 Å². The first-order valence-corrected chi connectivity index (χ1v) is 6.61. The van der Waals surface area contributed by atoms with Crippen molar-refractivity contribution in [1.82, 2.24) is 15.3 Å². The molecule has 0 aliphatic heterocycles. The second-order valence-electron chi connectivity index (χ2n) is 5.21. The standard InChI is InChI=1S/C14H25N3O/c1-6-14(3,4)12(15-7-2)8-11-9-13(18-5)17-10-16-11/h9-10,12,15H,6-8H2,1-5H3. The molecule has 0 bridgehead atoms. The van der Waals surface area contributed by atoms with Gasteiger partial charge in [-0.1, -0.05) is 27.7 Å². The average Bonchev–Trinajstić information content (AvgIpc) is 2.38.